The van der Waals surface area contributed by atoms with Gasteiger partial charge in [0.25, 0.3) is 15.9 Å². The van der Waals surface area contributed by atoms with E-state index in [0.717, 1.165) is 16.0 Å². The van der Waals surface area contributed by atoms with Gasteiger partial charge in [-0.2, -0.15) is 9.30 Å². The first-order valence-electron chi connectivity index (χ1n) is 9.92. The van der Waals surface area contributed by atoms with Crippen LogP contribution in [0.4, 0.5) is 0 Å². The van der Waals surface area contributed by atoms with Crippen molar-refractivity contribution < 1.29 is 22.7 Å². The molecule has 176 valence electrons. The van der Waals surface area contributed by atoms with Crippen molar-refractivity contribution in [3.63, 3.8) is 0 Å². The number of amides is 1. The first-order chi connectivity index (χ1) is 15.7. The standard InChI is InChI=1S/C20H19Cl2N3O5S3/c1-30-17(26)11-24-13-6-5-12(21)10-15(13)31-20(24)23-19(27)14-4-2-3-9-25(14)33(28,29)18-8-7-16(22)32-18/h5-8,10,14H,2-4,9,11H2,1H3. The largest absolute Gasteiger partial charge is 0.468 e. The summed E-state index contributed by atoms with van der Waals surface area (Å²) >= 11 is 14.2. The van der Waals surface area contributed by atoms with E-state index >= 15 is 0 Å². The minimum Gasteiger partial charge on any atom is -0.468 e. The molecule has 0 N–H and O–H groups in total. The van der Waals surface area contributed by atoms with Gasteiger partial charge < -0.3 is 9.30 Å². The Morgan fingerprint density at radius 3 is 2.67 bits per heavy atom. The Balaban J connectivity index is 1.76. The Hall–Kier alpha value is -1.76. The third kappa shape index (κ3) is 5.03. The van der Waals surface area contributed by atoms with Crippen molar-refractivity contribution in [3.05, 3.63) is 44.5 Å². The summed E-state index contributed by atoms with van der Waals surface area (Å²) in [7, 11) is -2.62. The Bertz CT molecular complexity index is 1390. The second-order valence-corrected chi connectivity index (χ2v) is 12.6. The fraction of sp³-hybridized carbons (Fsp3) is 0.350. The highest BCUT2D eigenvalue weighted by Gasteiger charge is 2.38. The van der Waals surface area contributed by atoms with E-state index in [2.05, 4.69) is 4.99 Å². The molecule has 33 heavy (non-hydrogen) atoms. The van der Waals surface area contributed by atoms with Crippen molar-refractivity contribution in [2.24, 2.45) is 4.99 Å². The molecule has 1 fully saturated rings. The van der Waals surface area contributed by atoms with E-state index in [1.807, 2.05) is 0 Å². The number of hydrogen-bond acceptors (Lipinski definition) is 7. The average Bonchev–Trinajstić information content (AvgIpc) is 3.37. The molecular formula is C20H19Cl2N3O5S3. The molecule has 1 unspecified atom stereocenters. The Kier molecular flexibility index (Phi) is 7.27. The number of sulfonamides is 1. The summed E-state index contributed by atoms with van der Waals surface area (Å²) in [6.45, 7) is 0.0680. The summed E-state index contributed by atoms with van der Waals surface area (Å²) in [4.78, 5) is 29.8. The number of fused-ring (bicyclic) bond motifs is 1. The molecule has 13 heteroatoms. The van der Waals surface area contributed by atoms with Crippen LogP contribution in [0.3, 0.4) is 0 Å². The highest BCUT2D eigenvalue weighted by molar-refractivity contribution is 7.91. The summed E-state index contributed by atoms with van der Waals surface area (Å²) in [6, 6.07) is 7.15. The molecule has 4 rings (SSSR count). The zero-order chi connectivity index (χ0) is 23.8. The number of piperidine rings is 1. The minimum atomic E-state index is -3.90. The van der Waals surface area contributed by atoms with Crippen LogP contribution in [0.5, 0.6) is 0 Å². The third-order valence-corrected chi connectivity index (χ3v) is 10.1. The lowest BCUT2D eigenvalue weighted by atomic mass is 10.0. The van der Waals surface area contributed by atoms with Crippen molar-refractivity contribution in [2.45, 2.75) is 36.1 Å². The van der Waals surface area contributed by atoms with Gasteiger partial charge in [-0.05, 0) is 43.2 Å². The van der Waals surface area contributed by atoms with Gasteiger partial charge in [-0.3, -0.25) is 9.59 Å². The summed E-state index contributed by atoms with van der Waals surface area (Å²) in [5.41, 5.74) is 0.669. The molecule has 1 atom stereocenters. The maximum Gasteiger partial charge on any atom is 0.325 e. The minimum absolute atomic E-state index is 0.0875. The van der Waals surface area contributed by atoms with E-state index in [1.54, 1.807) is 22.8 Å². The molecule has 0 spiro atoms. The number of methoxy groups -OCH3 is 1. The first-order valence-corrected chi connectivity index (χ1v) is 13.7. The highest BCUT2D eigenvalue weighted by Crippen LogP contribution is 2.32. The van der Waals surface area contributed by atoms with Gasteiger partial charge in [0.05, 0.1) is 21.7 Å². The van der Waals surface area contributed by atoms with E-state index in [9.17, 15) is 18.0 Å². The quantitative estimate of drug-likeness (QED) is 0.451. The lowest BCUT2D eigenvalue weighted by Crippen LogP contribution is -2.47. The summed E-state index contributed by atoms with van der Waals surface area (Å²) in [6.07, 6.45) is 1.70. The number of rotatable bonds is 5. The van der Waals surface area contributed by atoms with Crippen LogP contribution in [0.15, 0.2) is 39.5 Å². The topological polar surface area (TPSA) is 98.0 Å². The normalized spacial score (nSPS) is 18.0. The second kappa shape index (κ2) is 9.85. The molecule has 1 aromatic carbocycles. The van der Waals surface area contributed by atoms with Crippen molar-refractivity contribution in [1.82, 2.24) is 8.87 Å². The molecule has 3 heterocycles. The average molecular weight is 548 g/mol. The number of nitrogens with zero attached hydrogens (tertiary/aromatic N) is 3. The van der Waals surface area contributed by atoms with Crippen LogP contribution in [0, 0.1) is 0 Å². The van der Waals surface area contributed by atoms with Gasteiger partial charge >= 0.3 is 5.97 Å². The van der Waals surface area contributed by atoms with E-state index in [1.165, 1.54) is 34.9 Å². The first kappa shape index (κ1) is 24.4. The van der Waals surface area contributed by atoms with Crippen LogP contribution >= 0.6 is 45.9 Å². The van der Waals surface area contributed by atoms with E-state index in [0.29, 0.717) is 34.1 Å². The van der Waals surface area contributed by atoms with Crippen LogP contribution in [-0.4, -0.2) is 48.9 Å². The molecule has 3 aromatic rings. The van der Waals surface area contributed by atoms with Crippen LogP contribution in [0.2, 0.25) is 9.36 Å². The van der Waals surface area contributed by atoms with Gasteiger partial charge in [0, 0.05) is 11.6 Å². The van der Waals surface area contributed by atoms with Gasteiger partial charge in [-0.15, -0.1) is 11.3 Å². The number of carbonyl (C=O) groups is 2. The number of halogens is 2. The lowest BCUT2D eigenvalue weighted by Gasteiger charge is -2.31. The molecular weight excluding hydrogens is 529 g/mol. The zero-order valence-corrected chi connectivity index (χ0v) is 21.3. The van der Waals surface area contributed by atoms with Crippen molar-refractivity contribution in [1.29, 1.82) is 0 Å². The third-order valence-electron chi connectivity index (χ3n) is 5.22. The van der Waals surface area contributed by atoms with Crippen molar-refractivity contribution in [3.8, 4) is 0 Å². The molecule has 1 aliphatic heterocycles. The smallest absolute Gasteiger partial charge is 0.325 e. The maximum atomic E-state index is 13.3. The molecule has 1 amide bonds. The number of aromatic nitrogens is 1. The number of esters is 1. The predicted octanol–water partition coefficient (Wildman–Crippen LogP) is 3.91. The van der Waals surface area contributed by atoms with Gasteiger partial charge in [0.2, 0.25) is 0 Å². The van der Waals surface area contributed by atoms with Crippen LogP contribution in [-0.2, 0) is 30.9 Å². The summed E-state index contributed by atoms with van der Waals surface area (Å²) < 4.78 is 35.1. The number of ether oxygens (including phenoxy) is 1. The van der Waals surface area contributed by atoms with Crippen LogP contribution < -0.4 is 4.80 Å². The number of thiazole rings is 1. The molecule has 0 saturated carbocycles. The SMILES string of the molecule is COC(=O)Cn1c(=NC(=O)C2CCCCN2S(=O)(=O)c2ccc(Cl)s2)sc2cc(Cl)ccc21. The fourth-order valence-electron chi connectivity index (χ4n) is 3.64. The second-order valence-electron chi connectivity index (χ2n) is 7.29. The van der Waals surface area contributed by atoms with Crippen LogP contribution in [0.25, 0.3) is 10.2 Å². The highest BCUT2D eigenvalue weighted by atomic mass is 35.5. The molecule has 1 saturated heterocycles. The van der Waals surface area contributed by atoms with Crippen LogP contribution in [0.1, 0.15) is 19.3 Å². The lowest BCUT2D eigenvalue weighted by molar-refractivity contribution is -0.141. The van der Waals surface area contributed by atoms with E-state index in [4.69, 9.17) is 27.9 Å². The fourth-order valence-corrected chi connectivity index (χ4v) is 8.21. The maximum absolute atomic E-state index is 13.3. The Morgan fingerprint density at radius 1 is 1.18 bits per heavy atom. The number of thiophene rings is 1. The predicted molar refractivity (Wildman–Crippen MR) is 128 cm³/mol. The van der Waals surface area contributed by atoms with Gasteiger partial charge in [-0.1, -0.05) is 41.0 Å². The van der Waals surface area contributed by atoms with E-state index in [-0.39, 0.29) is 22.1 Å². The van der Waals surface area contributed by atoms with Gasteiger partial charge in [0.15, 0.2) is 4.80 Å². The monoisotopic (exact) mass is 547 g/mol. The Morgan fingerprint density at radius 2 is 1.97 bits per heavy atom. The molecule has 1 aliphatic rings. The van der Waals surface area contributed by atoms with Gasteiger partial charge in [-0.25, -0.2) is 8.42 Å². The molecule has 0 aliphatic carbocycles. The zero-order valence-electron chi connectivity index (χ0n) is 17.4. The molecule has 2 aromatic heterocycles. The molecule has 8 nitrogen and oxygen atoms in total. The van der Waals surface area contributed by atoms with E-state index < -0.39 is 27.9 Å². The van der Waals surface area contributed by atoms with Crippen molar-refractivity contribution >= 4 is 78.0 Å². The molecule has 0 radical (unpaired) electrons. The Labute approximate surface area is 208 Å². The number of carbonyl (C=O) groups excluding carboxylic acids is 2. The van der Waals surface area contributed by atoms with Gasteiger partial charge in [0.1, 0.15) is 16.8 Å². The summed E-state index contributed by atoms with van der Waals surface area (Å²) in [5, 5.41) is 0.506. The molecule has 0 bridgehead atoms. The number of hydrogen-bond donors (Lipinski definition) is 0. The summed E-state index contributed by atoms with van der Waals surface area (Å²) in [5.74, 6) is -1.09. The van der Waals surface area contributed by atoms with Crippen molar-refractivity contribution in [2.75, 3.05) is 13.7 Å². The number of benzene rings is 1.